The van der Waals surface area contributed by atoms with Gasteiger partial charge in [0, 0.05) is 12.8 Å². The van der Waals surface area contributed by atoms with Gasteiger partial charge in [-0.2, -0.15) is 0 Å². The smallest absolute Gasteiger partial charge is 0.308 e. The van der Waals surface area contributed by atoms with E-state index in [1.165, 1.54) is 14.2 Å². The molecule has 0 saturated heterocycles. The normalized spacial score (nSPS) is 11.0. The highest BCUT2D eigenvalue weighted by molar-refractivity contribution is 5.94. The highest BCUT2D eigenvalue weighted by Gasteiger charge is 2.12. The van der Waals surface area contributed by atoms with Crippen molar-refractivity contribution in [1.29, 1.82) is 0 Å². The molecule has 124 valence electrons. The van der Waals surface area contributed by atoms with Crippen molar-refractivity contribution < 1.29 is 23.8 Å². The van der Waals surface area contributed by atoms with Crippen LogP contribution < -0.4 is 15.8 Å². The van der Waals surface area contributed by atoms with Crippen LogP contribution in [0.3, 0.4) is 0 Å². The van der Waals surface area contributed by atoms with E-state index in [1.807, 2.05) is 0 Å². The third kappa shape index (κ3) is 7.26. The van der Waals surface area contributed by atoms with Gasteiger partial charge in [-0.15, -0.1) is 12.4 Å². The number of hydrogen-bond donors (Lipinski definition) is 2. The number of methoxy groups -OCH3 is 2. The molecule has 0 saturated carbocycles. The lowest BCUT2D eigenvalue weighted by molar-refractivity contribution is -0.141. The van der Waals surface area contributed by atoms with Gasteiger partial charge in [-0.1, -0.05) is 0 Å². The molecular weight excluding hydrogens is 312 g/mol. The fourth-order valence-electron chi connectivity index (χ4n) is 1.48. The van der Waals surface area contributed by atoms with Crippen LogP contribution in [-0.2, 0) is 19.1 Å². The minimum absolute atomic E-state index is 0. The van der Waals surface area contributed by atoms with Gasteiger partial charge in [0.15, 0.2) is 0 Å². The van der Waals surface area contributed by atoms with Gasteiger partial charge < -0.3 is 25.3 Å². The summed E-state index contributed by atoms with van der Waals surface area (Å²) in [6, 6.07) is 6.03. The molecule has 1 rings (SSSR count). The maximum Gasteiger partial charge on any atom is 0.308 e. The summed E-state index contributed by atoms with van der Waals surface area (Å²) in [6.07, 6.45) is 0.181. The van der Waals surface area contributed by atoms with Crippen LogP contribution in [0.1, 0.15) is 6.42 Å². The fourth-order valence-corrected chi connectivity index (χ4v) is 1.48. The van der Waals surface area contributed by atoms with Crippen LogP contribution in [-0.4, -0.2) is 45.4 Å². The van der Waals surface area contributed by atoms with Crippen LogP contribution >= 0.6 is 12.4 Å². The molecule has 0 aliphatic heterocycles. The van der Waals surface area contributed by atoms with Crippen molar-refractivity contribution in [2.45, 2.75) is 12.5 Å². The minimum Gasteiger partial charge on any atom is -0.493 e. The Morgan fingerprint density at radius 3 is 2.41 bits per heavy atom. The molecule has 0 aliphatic carbocycles. The maximum absolute atomic E-state index is 11.7. The first kappa shape index (κ1) is 20.2. The predicted octanol–water partition coefficient (Wildman–Crippen LogP) is 0.963. The molecule has 0 radical (unpaired) electrons. The Labute approximate surface area is 135 Å². The van der Waals surface area contributed by atoms with Crippen molar-refractivity contribution in [1.82, 2.24) is 0 Å². The Morgan fingerprint density at radius 1 is 1.23 bits per heavy atom. The van der Waals surface area contributed by atoms with Gasteiger partial charge >= 0.3 is 5.97 Å². The second-order valence-electron chi connectivity index (χ2n) is 4.25. The molecule has 1 aromatic carbocycles. The maximum atomic E-state index is 11.7. The van der Waals surface area contributed by atoms with E-state index >= 15 is 0 Å². The number of amides is 1. The predicted molar refractivity (Wildman–Crippen MR) is 84.3 cm³/mol. The van der Waals surface area contributed by atoms with Crippen molar-refractivity contribution >= 4 is 30.0 Å². The largest absolute Gasteiger partial charge is 0.493 e. The van der Waals surface area contributed by atoms with E-state index in [2.05, 4.69) is 10.1 Å². The van der Waals surface area contributed by atoms with Crippen molar-refractivity contribution in [3.8, 4) is 5.75 Å². The van der Waals surface area contributed by atoms with E-state index in [9.17, 15) is 9.59 Å². The molecule has 1 unspecified atom stereocenters. The van der Waals surface area contributed by atoms with Gasteiger partial charge in [-0.3, -0.25) is 9.59 Å². The number of carbonyl (C=O) groups excluding carboxylic acids is 2. The van der Waals surface area contributed by atoms with Gasteiger partial charge in [0.2, 0.25) is 5.91 Å². The molecule has 0 bridgehead atoms. The topological polar surface area (TPSA) is 99.9 Å². The number of nitrogens with one attached hydrogen (secondary N) is 1. The zero-order valence-corrected chi connectivity index (χ0v) is 13.4. The van der Waals surface area contributed by atoms with Crippen molar-refractivity contribution in [3.05, 3.63) is 24.3 Å². The SMILES string of the molecule is COCC(N)C(=O)Nc1ccc(OCCC(=O)OC)cc1.Cl. The number of benzene rings is 1. The lowest BCUT2D eigenvalue weighted by Crippen LogP contribution is -2.39. The molecule has 0 spiro atoms. The molecule has 0 aliphatic rings. The fraction of sp³-hybridized carbons (Fsp3) is 0.429. The standard InChI is InChI=1S/C14H20N2O5.ClH/c1-19-9-12(15)14(18)16-10-3-5-11(6-4-10)21-8-7-13(17)20-2;/h3-6,12H,7-9,15H2,1-2H3,(H,16,18);1H. The summed E-state index contributed by atoms with van der Waals surface area (Å²) in [7, 11) is 2.81. The number of carbonyl (C=O) groups is 2. The molecule has 7 nitrogen and oxygen atoms in total. The Balaban J connectivity index is 0.00000441. The summed E-state index contributed by atoms with van der Waals surface area (Å²) in [6.45, 7) is 0.387. The van der Waals surface area contributed by atoms with E-state index in [1.54, 1.807) is 24.3 Å². The quantitative estimate of drug-likeness (QED) is 0.688. The molecule has 0 fully saturated rings. The second-order valence-corrected chi connectivity index (χ2v) is 4.25. The van der Waals surface area contributed by atoms with Gasteiger partial charge in [-0.25, -0.2) is 0 Å². The van der Waals surface area contributed by atoms with Gasteiger partial charge in [0.1, 0.15) is 11.8 Å². The van der Waals surface area contributed by atoms with E-state index in [-0.39, 0.29) is 43.9 Å². The molecule has 1 aromatic rings. The third-order valence-corrected chi connectivity index (χ3v) is 2.61. The average Bonchev–Trinajstić information content (AvgIpc) is 2.49. The highest BCUT2D eigenvalue weighted by atomic mass is 35.5. The summed E-state index contributed by atoms with van der Waals surface area (Å²) in [5.41, 5.74) is 6.21. The van der Waals surface area contributed by atoms with E-state index in [4.69, 9.17) is 15.2 Å². The second kappa shape index (κ2) is 10.8. The number of halogens is 1. The first-order valence-electron chi connectivity index (χ1n) is 6.42. The number of ether oxygens (including phenoxy) is 3. The van der Waals surface area contributed by atoms with Crippen LogP contribution in [0.15, 0.2) is 24.3 Å². The van der Waals surface area contributed by atoms with E-state index in [0.717, 1.165) is 0 Å². The van der Waals surface area contributed by atoms with Crippen molar-refractivity contribution in [2.75, 3.05) is 32.8 Å². The summed E-state index contributed by atoms with van der Waals surface area (Å²) in [4.78, 5) is 22.6. The van der Waals surface area contributed by atoms with Crippen LogP contribution in [0.4, 0.5) is 5.69 Å². The van der Waals surface area contributed by atoms with Crippen molar-refractivity contribution in [3.63, 3.8) is 0 Å². The summed E-state index contributed by atoms with van der Waals surface area (Å²) in [5, 5.41) is 2.66. The van der Waals surface area contributed by atoms with Crippen LogP contribution in [0.5, 0.6) is 5.75 Å². The summed E-state index contributed by atoms with van der Waals surface area (Å²) >= 11 is 0. The molecule has 1 amide bonds. The first-order valence-corrected chi connectivity index (χ1v) is 6.42. The van der Waals surface area contributed by atoms with Gasteiger partial charge in [0.25, 0.3) is 0 Å². The first-order chi connectivity index (χ1) is 10.1. The molecule has 22 heavy (non-hydrogen) atoms. The summed E-state index contributed by atoms with van der Waals surface area (Å²) in [5.74, 6) is -0.0553. The Hall–Kier alpha value is -1.83. The minimum atomic E-state index is -0.717. The molecule has 8 heteroatoms. The lowest BCUT2D eigenvalue weighted by atomic mass is 10.2. The number of rotatable bonds is 8. The lowest BCUT2D eigenvalue weighted by Gasteiger charge is -2.11. The van der Waals surface area contributed by atoms with E-state index < -0.39 is 6.04 Å². The Kier molecular flexibility index (Phi) is 9.93. The van der Waals surface area contributed by atoms with E-state index in [0.29, 0.717) is 11.4 Å². The Morgan fingerprint density at radius 2 is 1.86 bits per heavy atom. The zero-order chi connectivity index (χ0) is 15.7. The Bertz CT molecular complexity index is 467. The van der Waals surface area contributed by atoms with Crippen molar-refractivity contribution in [2.24, 2.45) is 5.73 Å². The highest BCUT2D eigenvalue weighted by Crippen LogP contribution is 2.16. The molecule has 0 heterocycles. The monoisotopic (exact) mass is 332 g/mol. The number of anilines is 1. The van der Waals surface area contributed by atoms with Gasteiger partial charge in [0.05, 0.1) is 26.7 Å². The number of esters is 1. The zero-order valence-electron chi connectivity index (χ0n) is 12.5. The van der Waals surface area contributed by atoms with Crippen LogP contribution in [0.25, 0.3) is 0 Å². The molecule has 0 aromatic heterocycles. The molecule has 1 atom stereocenters. The third-order valence-electron chi connectivity index (χ3n) is 2.61. The van der Waals surface area contributed by atoms with Crippen LogP contribution in [0.2, 0.25) is 0 Å². The number of hydrogen-bond acceptors (Lipinski definition) is 6. The number of nitrogens with two attached hydrogens (primary N) is 1. The summed E-state index contributed by atoms with van der Waals surface area (Å²) < 4.78 is 14.7. The molecule has 3 N–H and O–H groups in total. The average molecular weight is 333 g/mol. The van der Waals surface area contributed by atoms with Gasteiger partial charge in [-0.05, 0) is 24.3 Å². The molecular formula is C14H21ClN2O5. The van der Waals surface area contributed by atoms with Crippen LogP contribution in [0, 0.1) is 0 Å².